The van der Waals surface area contributed by atoms with Gasteiger partial charge in [-0.05, 0) is 0 Å². The Morgan fingerprint density at radius 1 is 0.958 bits per heavy atom. The van der Waals surface area contributed by atoms with E-state index in [-0.39, 0.29) is 38.2 Å². The molecule has 0 bridgehead atoms. The molecule has 7 nitrogen and oxygen atoms in total. The van der Waals surface area contributed by atoms with Crippen molar-refractivity contribution in [2.45, 2.75) is 0 Å². The number of hydrogen-bond donors (Lipinski definition) is 0. The standard InChI is InChI=1S/C11H7Cl5N2O5S/c1-24(21,22)18-3-2-17(10(18)19)11(20)23-9-7(15)5(13)4(12)6(14)8(9)16/h2-3H2,1H3. The molecule has 1 aromatic carbocycles. The van der Waals surface area contributed by atoms with Gasteiger partial charge in [-0.25, -0.2) is 27.2 Å². The fraction of sp³-hybridized carbons (Fsp3) is 0.273. The summed E-state index contributed by atoms with van der Waals surface area (Å²) in [7, 11) is -3.80. The number of benzene rings is 1. The van der Waals surface area contributed by atoms with Gasteiger partial charge in [0.25, 0.3) is 0 Å². The maximum absolute atomic E-state index is 12.1. The number of nitrogens with zero attached hydrogens (tertiary/aromatic N) is 2. The summed E-state index contributed by atoms with van der Waals surface area (Å²) >= 11 is 29.3. The van der Waals surface area contributed by atoms with E-state index in [1.165, 1.54) is 0 Å². The molecule has 1 fully saturated rings. The number of carbonyl (C=O) groups excluding carboxylic acids is 2. The van der Waals surface area contributed by atoms with E-state index in [0.717, 1.165) is 6.26 Å². The van der Waals surface area contributed by atoms with Gasteiger partial charge >= 0.3 is 12.1 Å². The number of rotatable bonds is 2. The number of halogens is 5. The number of amides is 3. The topological polar surface area (TPSA) is 84.0 Å². The molecule has 1 heterocycles. The summed E-state index contributed by atoms with van der Waals surface area (Å²) in [4.78, 5) is 24.7. The van der Waals surface area contributed by atoms with Gasteiger partial charge in [0.15, 0.2) is 5.75 Å². The largest absolute Gasteiger partial charge is 0.423 e. The van der Waals surface area contributed by atoms with Crippen molar-refractivity contribution < 1.29 is 22.7 Å². The van der Waals surface area contributed by atoms with Crippen LogP contribution >= 0.6 is 58.0 Å². The molecule has 24 heavy (non-hydrogen) atoms. The molecule has 0 spiro atoms. The van der Waals surface area contributed by atoms with Gasteiger partial charge in [-0.15, -0.1) is 0 Å². The Hall–Kier alpha value is -0.640. The molecule has 0 aliphatic carbocycles. The molecule has 13 heteroatoms. The molecular formula is C11H7Cl5N2O5S. The fourth-order valence-electron chi connectivity index (χ4n) is 1.81. The minimum atomic E-state index is -3.80. The maximum Gasteiger partial charge on any atom is 0.423 e. The summed E-state index contributed by atoms with van der Waals surface area (Å²) in [6, 6.07) is -1.05. The molecule has 0 N–H and O–H groups in total. The summed E-state index contributed by atoms with van der Waals surface area (Å²) < 4.78 is 28.4. The molecule has 1 aliphatic heterocycles. The first kappa shape index (κ1) is 19.7. The quantitative estimate of drug-likeness (QED) is 0.493. The molecule has 3 amide bonds. The predicted molar refractivity (Wildman–Crippen MR) is 91.2 cm³/mol. The molecule has 0 radical (unpaired) electrons. The van der Waals surface area contributed by atoms with Gasteiger partial charge in [0.05, 0.1) is 34.4 Å². The Bertz CT molecular complexity index is 815. The van der Waals surface area contributed by atoms with Gasteiger partial charge in [0.2, 0.25) is 10.0 Å². The monoisotopic (exact) mass is 454 g/mol. The Morgan fingerprint density at radius 3 is 1.83 bits per heavy atom. The Kier molecular flexibility index (Phi) is 5.69. The van der Waals surface area contributed by atoms with Crippen LogP contribution < -0.4 is 4.74 Å². The van der Waals surface area contributed by atoms with Crippen LogP contribution in [0.5, 0.6) is 5.75 Å². The van der Waals surface area contributed by atoms with E-state index < -0.39 is 27.9 Å². The Labute approximate surface area is 161 Å². The molecule has 1 aliphatic rings. The second-order valence-corrected chi connectivity index (χ2v) is 8.33. The van der Waals surface area contributed by atoms with Crippen molar-refractivity contribution in [3.8, 4) is 5.75 Å². The lowest BCUT2D eigenvalue weighted by atomic mass is 10.3. The lowest BCUT2D eigenvalue weighted by Gasteiger charge is -2.17. The molecule has 1 saturated heterocycles. The molecule has 132 valence electrons. The third-order valence-corrected chi connectivity index (χ3v) is 6.33. The highest BCUT2D eigenvalue weighted by Crippen LogP contribution is 2.48. The van der Waals surface area contributed by atoms with Crippen LogP contribution in [0.1, 0.15) is 0 Å². The van der Waals surface area contributed by atoms with Crippen LogP contribution in [0.3, 0.4) is 0 Å². The first-order valence-corrected chi connectivity index (χ1v) is 9.73. The highest BCUT2D eigenvalue weighted by atomic mass is 35.5. The first-order valence-electron chi connectivity index (χ1n) is 5.99. The van der Waals surface area contributed by atoms with Gasteiger partial charge in [-0.3, -0.25) is 0 Å². The third-order valence-electron chi connectivity index (χ3n) is 2.95. The number of hydrogen-bond acceptors (Lipinski definition) is 5. The van der Waals surface area contributed by atoms with E-state index in [1.54, 1.807) is 0 Å². The SMILES string of the molecule is CS(=O)(=O)N1CCN(C(=O)Oc2c(Cl)c(Cl)c(Cl)c(Cl)c2Cl)C1=O. The van der Waals surface area contributed by atoms with E-state index in [2.05, 4.69) is 0 Å². The highest BCUT2D eigenvalue weighted by molar-refractivity contribution is 7.88. The van der Waals surface area contributed by atoms with E-state index in [4.69, 9.17) is 62.7 Å². The van der Waals surface area contributed by atoms with Gasteiger partial charge in [-0.2, -0.15) is 0 Å². The number of ether oxygens (including phenoxy) is 1. The van der Waals surface area contributed by atoms with Gasteiger partial charge < -0.3 is 4.74 Å². The summed E-state index contributed by atoms with van der Waals surface area (Å²) in [5, 5.41) is -1.08. The Morgan fingerprint density at radius 2 is 1.42 bits per heavy atom. The minimum Gasteiger partial charge on any atom is -0.407 e. The van der Waals surface area contributed by atoms with Crippen molar-refractivity contribution in [3.63, 3.8) is 0 Å². The fourth-order valence-corrected chi connectivity index (χ4v) is 3.80. The van der Waals surface area contributed by atoms with Crippen molar-refractivity contribution in [1.29, 1.82) is 0 Å². The van der Waals surface area contributed by atoms with Gasteiger partial charge in [0.1, 0.15) is 10.0 Å². The number of sulfonamides is 1. The molecule has 0 atom stereocenters. The van der Waals surface area contributed by atoms with Crippen molar-refractivity contribution in [2.24, 2.45) is 0 Å². The summed E-state index contributed by atoms with van der Waals surface area (Å²) in [6.45, 7) is -0.397. The zero-order chi connectivity index (χ0) is 18.4. The molecule has 0 saturated carbocycles. The summed E-state index contributed by atoms with van der Waals surface area (Å²) in [5.41, 5.74) is 0. The van der Waals surface area contributed by atoms with Crippen molar-refractivity contribution in [3.05, 3.63) is 25.1 Å². The smallest absolute Gasteiger partial charge is 0.407 e. The lowest BCUT2D eigenvalue weighted by molar-refractivity contribution is 0.162. The van der Waals surface area contributed by atoms with E-state index in [0.29, 0.717) is 9.21 Å². The van der Waals surface area contributed by atoms with Crippen LogP contribution in [0, 0.1) is 0 Å². The van der Waals surface area contributed by atoms with Crippen LogP contribution in [0.15, 0.2) is 0 Å². The van der Waals surface area contributed by atoms with Crippen LogP contribution in [-0.4, -0.2) is 49.1 Å². The zero-order valence-electron chi connectivity index (χ0n) is 11.6. The molecule has 0 unspecified atom stereocenters. The normalized spacial score (nSPS) is 15.2. The van der Waals surface area contributed by atoms with Crippen LogP contribution in [0.2, 0.25) is 25.1 Å². The van der Waals surface area contributed by atoms with Crippen molar-refractivity contribution in [2.75, 3.05) is 19.3 Å². The first-order chi connectivity index (χ1) is 11.0. The third kappa shape index (κ3) is 3.49. The maximum atomic E-state index is 12.1. The Balaban J connectivity index is 2.31. The molecular weight excluding hydrogens is 449 g/mol. The number of carbonyl (C=O) groups is 2. The van der Waals surface area contributed by atoms with Crippen molar-refractivity contribution >= 4 is 80.2 Å². The lowest BCUT2D eigenvalue weighted by Crippen LogP contribution is -2.39. The predicted octanol–water partition coefficient (Wildman–Crippen LogP) is 4.15. The second-order valence-electron chi connectivity index (χ2n) is 4.54. The van der Waals surface area contributed by atoms with Crippen LogP contribution in [0.4, 0.5) is 9.59 Å². The molecule has 2 rings (SSSR count). The summed E-state index contributed by atoms with van der Waals surface area (Å²) in [6.07, 6.45) is -0.351. The highest BCUT2D eigenvalue weighted by Gasteiger charge is 2.39. The number of imide groups is 1. The molecule has 0 aromatic heterocycles. The van der Waals surface area contributed by atoms with Gasteiger partial charge in [0, 0.05) is 0 Å². The van der Waals surface area contributed by atoms with Gasteiger partial charge in [-0.1, -0.05) is 58.0 Å². The van der Waals surface area contributed by atoms with E-state index in [9.17, 15) is 18.0 Å². The van der Waals surface area contributed by atoms with Crippen LogP contribution in [0.25, 0.3) is 0 Å². The zero-order valence-corrected chi connectivity index (χ0v) is 16.2. The minimum absolute atomic E-state index is 0.131. The van der Waals surface area contributed by atoms with Crippen LogP contribution in [-0.2, 0) is 10.0 Å². The van der Waals surface area contributed by atoms with E-state index >= 15 is 0 Å². The average molecular weight is 457 g/mol. The summed E-state index contributed by atoms with van der Waals surface area (Å²) in [5.74, 6) is -0.395. The van der Waals surface area contributed by atoms with Crippen molar-refractivity contribution in [1.82, 2.24) is 9.21 Å². The number of urea groups is 1. The van der Waals surface area contributed by atoms with E-state index in [1.807, 2.05) is 0 Å². The molecule has 1 aromatic rings. The second kappa shape index (κ2) is 6.93. The average Bonchev–Trinajstić information content (AvgIpc) is 2.89.